The molecule has 0 aliphatic carbocycles. The summed E-state index contributed by atoms with van der Waals surface area (Å²) in [6.45, 7) is 3.84. The molecule has 1 aromatic heterocycles. The Balaban J connectivity index is 1.96. The Morgan fingerprint density at radius 3 is 3.06 bits per heavy atom. The maximum absolute atomic E-state index is 5.78. The Bertz CT molecular complexity index is 563. The average molecular weight is 245 g/mol. The van der Waals surface area contributed by atoms with Crippen LogP contribution in [0.15, 0.2) is 22.7 Å². The van der Waals surface area contributed by atoms with Gasteiger partial charge in [0.05, 0.1) is 5.69 Å². The molecule has 1 aromatic carbocycles. The fourth-order valence-electron chi connectivity index (χ4n) is 2.95. The van der Waals surface area contributed by atoms with Gasteiger partial charge in [-0.05, 0) is 50.6 Å². The summed E-state index contributed by atoms with van der Waals surface area (Å²) in [6, 6.07) is 6.85. The van der Waals surface area contributed by atoms with Gasteiger partial charge in [-0.2, -0.15) is 0 Å². The number of hydrogen-bond acceptors (Lipinski definition) is 4. The summed E-state index contributed by atoms with van der Waals surface area (Å²) in [5.74, 6) is 0.610. The molecule has 2 unspecified atom stereocenters. The van der Waals surface area contributed by atoms with Gasteiger partial charge in [0.1, 0.15) is 0 Å². The third kappa shape index (κ3) is 1.82. The third-order valence-electron chi connectivity index (χ3n) is 4.03. The Morgan fingerprint density at radius 1 is 1.50 bits per heavy atom. The molecule has 1 fully saturated rings. The van der Waals surface area contributed by atoms with Crippen LogP contribution in [0.2, 0.25) is 0 Å². The van der Waals surface area contributed by atoms with Crippen LogP contribution >= 0.6 is 0 Å². The lowest BCUT2D eigenvalue weighted by Crippen LogP contribution is -2.20. The predicted octanol–water partition coefficient (Wildman–Crippen LogP) is 2.09. The molecule has 4 nitrogen and oxygen atoms in total. The van der Waals surface area contributed by atoms with Crippen molar-refractivity contribution in [3.8, 4) is 0 Å². The monoisotopic (exact) mass is 245 g/mol. The van der Waals surface area contributed by atoms with Crippen LogP contribution in [0.1, 0.15) is 23.7 Å². The summed E-state index contributed by atoms with van der Waals surface area (Å²) in [7, 11) is 2.17. The van der Waals surface area contributed by atoms with Crippen molar-refractivity contribution in [3.05, 3.63) is 29.5 Å². The highest BCUT2D eigenvalue weighted by atomic mass is 16.5. The molecule has 0 amide bonds. The molecule has 0 radical (unpaired) electrons. The number of fused-ring (bicyclic) bond motifs is 1. The van der Waals surface area contributed by atoms with Gasteiger partial charge in [-0.3, -0.25) is 4.90 Å². The van der Waals surface area contributed by atoms with Gasteiger partial charge in [0, 0.05) is 18.0 Å². The van der Waals surface area contributed by atoms with E-state index in [2.05, 4.69) is 29.2 Å². The molecule has 4 heteroatoms. The minimum atomic E-state index is 0.470. The van der Waals surface area contributed by atoms with Gasteiger partial charge in [0.15, 0.2) is 5.58 Å². The minimum Gasteiger partial charge on any atom is -0.356 e. The summed E-state index contributed by atoms with van der Waals surface area (Å²) in [5, 5.41) is 5.13. The van der Waals surface area contributed by atoms with Gasteiger partial charge in [0.25, 0.3) is 0 Å². The number of nitrogens with two attached hydrogens (primary N) is 1. The first kappa shape index (κ1) is 11.7. The largest absolute Gasteiger partial charge is 0.356 e. The zero-order valence-electron chi connectivity index (χ0n) is 10.9. The fraction of sp³-hybridized carbons (Fsp3) is 0.500. The Hall–Kier alpha value is -1.39. The number of aryl methyl sites for hydroxylation is 1. The zero-order chi connectivity index (χ0) is 12.7. The Morgan fingerprint density at radius 2 is 2.33 bits per heavy atom. The second kappa shape index (κ2) is 4.37. The summed E-state index contributed by atoms with van der Waals surface area (Å²) in [6.07, 6.45) is 1.14. The highest BCUT2D eigenvalue weighted by molar-refractivity contribution is 5.80. The molecule has 2 heterocycles. The topological polar surface area (TPSA) is 55.3 Å². The number of nitrogens with zero attached hydrogens (tertiary/aromatic N) is 2. The third-order valence-corrected chi connectivity index (χ3v) is 4.03. The summed E-state index contributed by atoms with van der Waals surface area (Å²) in [4.78, 5) is 2.39. The number of likely N-dealkylation sites (tertiary alicyclic amines) is 1. The number of aromatic nitrogens is 1. The molecule has 0 spiro atoms. The fourth-order valence-corrected chi connectivity index (χ4v) is 2.95. The van der Waals surface area contributed by atoms with Gasteiger partial charge in [0.2, 0.25) is 0 Å². The smallest absolute Gasteiger partial charge is 0.167 e. The average Bonchev–Trinajstić information content (AvgIpc) is 2.93. The highest BCUT2D eigenvalue weighted by Gasteiger charge is 2.29. The molecule has 2 N–H and O–H groups in total. The van der Waals surface area contributed by atoms with E-state index in [0.717, 1.165) is 36.2 Å². The van der Waals surface area contributed by atoms with E-state index in [-0.39, 0.29) is 0 Å². The Labute approximate surface area is 107 Å². The van der Waals surface area contributed by atoms with E-state index < -0.39 is 0 Å². The van der Waals surface area contributed by atoms with Crippen LogP contribution in [-0.4, -0.2) is 30.2 Å². The predicted molar refractivity (Wildman–Crippen MR) is 71.3 cm³/mol. The second-order valence-corrected chi connectivity index (χ2v) is 5.32. The van der Waals surface area contributed by atoms with E-state index in [1.54, 1.807) is 0 Å². The standard InChI is InChI=1S/C14H19N3O/c1-9-12-6-11(3-4-14(12)18-16-9)13-5-10(7-15)8-17(13)2/h3-4,6,10,13H,5,7-8,15H2,1-2H3. The van der Waals surface area contributed by atoms with E-state index in [9.17, 15) is 0 Å². The van der Waals surface area contributed by atoms with E-state index in [0.29, 0.717) is 12.0 Å². The van der Waals surface area contributed by atoms with Crippen molar-refractivity contribution in [2.24, 2.45) is 11.7 Å². The maximum Gasteiger partial charge on any atom is 0.167 e. The molecule has 1 saturated heterocycles. The summed E-state index contributed by atoms with van der Waals surface area (Å²) >= 11 is 0. The number of rotatable bonds is 2. The van der Waals surface area contributed by atoms with Crippen LogP contribution in [0.5, 0.6) is 0 Å². The number of benzene rings is 1. The Kier molecular flexibility index (Phi) is 2.84. The first-order valence-electron chi connectivity index (χ1n) is 6.45. The van der Waals surface area contributed by atoms with Crippen molar-refractivity contribution in [2.75, 3.05) is 20.1 Å². The lowest BCUT2D eigenvalue weighted by atomic mass is 9.98. The molecule has 2 atom stereocenters. The van der Waals surface area contributed by atoms with Gasteiger partial charge >= 0.3 is 0 Å². The second-order valence-electron chi connectivity index (χ2n) is 5.32. The first-order chi connectivity index (χ1) is 8.69. The minimum absolute atomic E-state index is 0.470. The van der Waals surface area contributed by atoms with E-state index in [4.69, 9.17) is 10.3 Å². The van der Waals surface area contributed by atoms with Gasteiger partial charge < -0.3 is 10.3 Å². The van der Waals surface area contributed by atoms with Crippen LogP contribution in [0.25, 0.3) is 11.0 Å². The summed E-state index contributed by atoms with van der Waals surface area (Å²) in [5.41, 5.74) is 8.95. The molecule has 1 aliphatic rings. The van der Waals surface area contributed by atoms with Crippen LogP contribution in [-0.2, 0) is 0 Å². The van der Waals surface area contributed by atoms with Gasteiger partial charge in [-0.25, -0.2) is 0 Å². The molecule has 1 aliphatic heterocycles. The van der Waals surface area contributed by atoms with E-state index >= 15 is 0 Å². The summed E-state index contributed by atoms with van der Waals surface area (Å²) < 4.78 is 5.25. The van der Waals surface area contributed by atoms with E-state index in [1.807, 2.05) is 13.0 Å². The lowest BCUT2D eigenvalue weighted by molar-refractivity contribution is 0.314. The number of hydrogen-bond donors (Lipinski definition) is 1. The normalized spacial score (nSPS) is 25.1. The molecule has 0 bridgehead atoms. The van der Waals surface area contributed by atoms with E-state index in [1.165, 1.54) is 5.56 Å². The van der Waals surface area contributed by atoms with Crippen molar-refractivity contribution in [1.29, 1.82) is 0 Å². The van der Waals surface area contributed by atoms with Crippen LogP contribution in [0.4, 0.5) is 0 Å². The van der Waals surface area contributed by atoms with Gasteiger partial charge in [-0.1, -0.05) is 11.2 Å². The van der Waals surface area contributed by atoms with Crippen molar-refractivity contribution >= 4 is 11.0 Å². The van der Waals surface area contributed by atoms with Crippen molar-refractivity contribution in [3.63, 3.8) is 0 Å². The zero-order valence-corrected chi connectivity index (χ0v) is 10.9. The SMILES string of the molecule is Cc1noc2ccc(C3CC(CN)CN3C)cc12. The molecule has 2 aromatic rings. The maximum atomic E-state index is 5.78. The van der Waals surface area contributed by atoms with Crippen LogP contribution in [0.3, 0.4) is 0 Å². The molecule has 18 heavy (non-hydrogen) atoms. The lowest BCUT2D eigenvalue weighted by Gasteiger charge is -2.19. The quantitative estimate of drug-likeness (QED) is 0.880. The van der Waals surface area contributed by atoms with Crippen LogP contribution < -0.4 is 5.73 Å². The first-order valence-corrected chi connectivity index (χ1v) is 6.45. The van der Waals surface area contributed by atoms with Crippen LogP contribution in [0, 0.1) is 12.8 Å². The molecular formula is C14H19N3O. The highest BCUT2D eigenvalue weighted by Crippen LogP contribution is 2.35. The van der Waals surface area contributed by atoms with Crippen molar-refractivity contribution < 1.29 is 4.52 Å². The molecule has 96 valence electrons. The van der Waals surface area contributed by atoms with Crippen molar-refractivity contribution in [2.45, 2.75) is 19.4 Å². The van der Waals surface area contributed by atoms with Gasteiger partial charge in [-0.15, -0.1) is 0 Å². The molecule has 0 saturated carbocycles. The van der Waals surface area contributed by atoms with Crippen molar-refractivity contribution in [1.82, 2.24) is 10.1 Å². The molecule has 3 rings (SSSR count). The molecular weight excluding hydrogens is 226 g/mol.